The lowest BCUT2D eigenvalue weighted by Gasteiger charge is -2.07. The highest BCUT2D eigenvalue weighted by atomic mass is 16.3. The van der Waals surface area contributed by atoms with E-state index in [1.807, 2.05) is 12.1 Å². The Morgan fingerprint density at radius 1 is 1.56 bits per heavy atom. The summed E-state index contributed by atoms with van der Waals surface area (Å²) in [6, 6.07) is 3.86. The second kappa shape index (κ2) is 4.74. The van der Waals surface area contributed by atoms with Crippen LogP contribution in [0, 0.1) is 5.92 Å². The molecule has 1 unspecified atom stereocenters. The van der Waals surface area contributed by atoms with Crippen molar-refractivity contribution in [1.82, 2.24) is 4.98 Å². The van der Waals surface area contributed by atoms with Gasteiger partial charge in [-0.25, -0.2) is 0 Å². The van der Waals surface area contributed by atoms with Gasteiger partial charge in [-0.2, -0.15) is 0 Å². The van der Waals surface area contributed by atoms with Crippen LogP contribution in [0.15, 0.2) is 18.3 Å². The lowest BCUT2D eigenvalue weighted by molar-refractivity contribution is -0.127. The van der Waals surface area contributed by atoms with Crippen molar-refractivity contribution in [2.24, 2.45) is 5.92 Å². The molecule has 0 radical (unpaired) electrons. The van der Waals surface area contributed by atoms with Crippen LogP contribution < -0.4 is 0 Å². The summed E-state index contributed by atoms with van der Waals surface area (Å²) in [6.45, 7) is 2.07. The number of aromatic nitrogens is 1. The first-order chi connectivity index (χ1) is 7.70. The first-order valence-electron chi connectivity index (χ1n) is 5.85. The Kier molecular flexibility index (Phi) is 3.34. The topological polar surface area (TPSA) is 50.2 Å². The third kappa shape index (κ3) is 2.67. The van der Waals surface area contributed by atoms with Gasteiger partial charge in [0.05, 0.1) is 6.42 Å². The van der Waals surface area contributed by atoms with Crippen molar-refractivity contribution >= 4 is 5.78 Å². The van der Waals surface area contributed by atoms with Crippen molar-refractivity contribution in [3.63, 3.8) is 0 Å². The maximum Gasteiger partial charge on any atom is 0.167 e. The van der Waals surface area contributed by atoms with E-state index in [0.29, 0.717) is 0 Å². The van der Waals surface area contributed by atoms with Gasteiger partial charge in [0.25, 0.3) is 0 Å². The molecule has 0 aliphatic heterocycles. The molecule has 1 heterocycles. The fraction of sp³-hybridized carbons (Fsp3) is 0.538. The number of ketones is 1. The molecule has 1 aliphatic carbocycles. The molecule has 1 aromatic heterocycles. The van der Waals surface area contributed by atoms with Gasteiger partial charge in [-0.3, -0.25) is 9.78 Å². The maximum absolute atomic E-state index is 11.7. The van der Waals surface area contributed by atoms with Crippen molar-refractivity contribution in [2.45, 2.75) is 38.7 Å². The lowest BCUT2D eigenvalue weighted by Crippen LogP contribution is -2.24. The molecule has 0 amide bonds. The summed E-state index contributed by atoms with van der Waals surface area (Å²) in [5.41, 5.74) is 1.92. The summed E-state index contributed by atoms with van der Waals surface area (Å²) in [4.78, 5) is 15.9. The molecule has 1 N–H and O–H groups in total. The average Bonchev–Trinajstić information content (AvgIpc) is 3.13. The van der Waals surface area contributed by atoms with Crippen molar-refractivity contribution in [2.75, 3.05) is 0 Å². The van der Waals surface area contributed by atoms with Crippen molar-refractivity contribution in [1.29, 1.82) is 0 Å². The predicted molar refractivity (Wildman–Crippen MR) is 61.1 cm³/mol. The number of aliphatic hydroxyl groups is 1. The van der Waals surface area contributed by atoms with Crippen molar-refractivity contribution in [3.05, 3.63) is 29.6 Å². The van der Waals surface area contributed by atoms with Crippen LogP contribution in [0.3, 0.4) is 0 Å². The number of aliphatic hydroxyl groups excluding tert-OH is 1. The number of hydrogen-bond acceptors (Lipinski definition) is 3. The van der Waals surface area contributed by atoms with Crippen LogP contribution in [-0.4, -0.2) is 22.0 Å². The first kappa shape index (κ1) is 11.3. The summed E-state index contributed by atoms with van der Waals surface area (Å²) < 4.78 is 0. The lowest BCUT2D eigenvalue weighted by atomic mass is 10.1. The minimum Gasteiger partial charge on any atom is -0.385 e. The van der Waals surface area contributed by atoms with Gasteiger partial charge in [-0.15, -0.1) is 0 Å². The Morgan fingerprint density at radius 3 is 2.81 bits per heavy atom. The van der Waals surface area contributed by atoms with E-state index in [1.165, 1.54) is 5.56 Å². The molecule has 0 aromatic carbocycles. The monoisotopic (exact) mass is 219 g/mol. The molecular weight excluding hydrogens is 202 g/mol. The quantitative estimate of drug-likeness (QED) is 0.817. The number of Topliss-reactive ketones (excluding diaryl/α,β-unsaturated/α-hetero) is 1. The Balaban J connectivity index is 1.94. The summed E-state index contributed by atoms with van der Waals surface area (Å²) in [6.07, 6.45) is 4.19. The smallest absolute Gasteiger partial charge is 0.167 e. The van der Waals surface area contributed by atoms with Gasteiger partial charge in [-0.1, -0.05) is 13.0 Å². The minimum atomic E-state index is -0.771. The molecule has 1 atom stereocenters. The number of aryl methyl sites for hydroxylation is 1. The van der Waals surface area contributed by atoms with Gasteiger partial charge in [0.15, 0.2) is 5.78 Å². The molecule has 1 aliphatic rings. The number of carbonyl (C=O) groups is 1. The third-order valence-corrected chi connectivity index (χ3v) is 3.05. The zero-order chi connectivity index (χ0) is 11.5. The summed E-state index contributed by atoms with van der Waals surface area (Å²) >= 11 is 0. The van der Waals surface area contributed by atoms with Crippen LogP contribution in [0.25, 0.3) is 0 Å². The van der Waals surface area contributed by atoms with E-state index in [4.69, 9.17) is 0 Å². The number of rotatable bonds is 5. The van der Waals surface area contributed by atoms with E-state index in [0.717, 1.165) is 25.0 Å². The summed E-state index contributed by atoms with van der Waals surface area (Å²) in [5, 5.41) is 9.64. The van der Waals surface area contributed by atoms with Crippen LogP contribution in [0.5, 0.6) is 0 Å². The van der Waals surface area contributed by atoms with Crippen LogP contribution in [0.4, 0.5) is 0 Å². The number of pyridine rings is 1. The fourth-order valence-corrected chi connectivity index (χ4v) is 1.73. The number of hydrogen-bond donors (Lipinski definition) is 1. The van der Waals surface area contributed by atoms with Gasteiger partial charge in [0.1, 0.15) is 6.10 Å². The standard InChI is InChI=1S/C13H17NO2/c1-2-9-3-6-11(14-8-9)7-12(15)13(16)10-4-5-10/h3,6,8,10,13,16H,2,4-5,7H2,1H3. The summed E-state index contributed by atoms with van der Waals surface area (Å²) in [7, 11) is 0. The molecule has 1 fully saturated rings. The van der Waals surface area contributed by atoms with Gasteiger partial charge in [-0.05, 0) is 36.8 Å². The predicted octanol–water partition coefficient (Wildman–Crippen LogP) is 1.53. The van der Waals surface area contributed by atoms with Crippen molar-refractivity contribution < 1.29 is 9.90 Å². The van der Waals surface area contributed by atoms with E-state index >= 15 is 0 Å². The van der Waals surface area contributed by atoms with Gasteiger partial charge >= 0.3 is 0 Å². The van der Waals surface area contributed by atoms with E-state index in [1.54, 1.807) is 6.20 Å². The Hall–Kier alpha value is -1.22. The van der Waals surface area contributed by atoms with Crippen LogP contribution in [-0.2, 0) is 17.6 Å². The molecule has 0 saturated heterocycles. The average molecular weight is 219 g/mol. The number of carbonyl (C=O) groups excluding carboxylic acids is 1. The molecule has 16 heavy (non-hydrogen) atoms. The zero-order valence-electron chi connectivity index (χ0n) is 9.52. The largest absolute Gasteiger partial charge is 0.385 e. The molecule has 0 bridgehead atoms. The highest BCUT2D eigenvalue weighted by molar-refractivity contribution is 5.85. The van der Waals surface area contributed by atoms with E-state index in [-0.39, 0.29) is 18.1 Å². The molecular formula is C13H17NO2. The highest BCUT2D eigenvalue weighted by Crippen LogP contribution is 2.33. The molecule has 86 valence electrons. The van der Waals surface area contributed by atoms with Crippen molar-refractivity contribution in [3.8, 4) is 0 Å². The first-order valence-corrected chi connectivity index (χ1v) is 5.85. The minimum absolute atomic E-state index is 0.0979. The SMILES string of the molecule is CCc1ccc(CC(=O)C(O)C2CC2)nc1. The maximum atomic E-state index is 11.7. The molecule has 3 nitrogen and oxygen atoms in total. The second-order valence-electron chi connectivity index (χ2n) is 4.44. The Labute approximate surface area is 95.5 Å². The Bertz CT molecular complexity index is 368. The second-order valence-corrected chi connectivity index (χ2v) is 4.44. The van der Waals surface area contributed by atoms with Gasteiger partial charge in [0, 0.05) is 11.9 Å². The molecule has 3 heteroatoms. The third-order valence-electron chi connectivity index (χ3n) is 3.05. The normalized spacial score (nSPS) is 17.1. The van der Waals surface area contributed by atoms with E-state index in [2.05, 4.69) is 11.9 Å². The van der Waals surface area contributed by atoms with Crippen LogP contribution >= 0.6 is 0 Å². The van der Waals surface area contributed by atoms with E-state index in [9.17, 15) is 9.90 Å². The van der Waals surface area contributed by atoms with Gasteiger partial charge in [0.2, 0.25) is 0 Å². The Morgan fingerprint density at radius 2 is 2.31 bits per heavy atom. The summed E-state index contributed by atoms with van der Waals surface area (Å²) in [5.74, 6) is 0.113. The number of nitrogens with zero attached hydrogens (tertiary/aromatic N) is 1. The fourth-order valence-electron chi connectivity index (χ4n) is 1.73. The molecule has 0 spiro atoms. The van der Waals surface area contributed by atoms with E-state index < -0.39 is 6.10 Å². The van der Waals surface area contributed by atoms with Crippen LogP contribution in [0.2, 0.25) is 0 Å². The molecule has 1 saturated carbocycles. The highest BCUT2D eigenvalue weighted by Gasteiger charge is 2.34. The molecule has 1 aromatic rings. The molecule has 2 rings (SSSR count). The van der Waals surface area contributed by atoms with Gasteiger partial charge < -0.3 is 5.11 Å². The zero-order valence-corrected chi connectivity index (χ0v) is 9.52. The van der Waals surface area contributed by atoms with Crippen LogP contribution in [0.1, 0.15) is 31.0 Å².